The van der Waals surface area contributed by atoms with Gasteiger partial charge in [-0.1, -0.05) is 56.3 Å². The Balaban J connectivity index is 2.82. The van der Waals surface area contributed by atoms with Crippen molar-refractivity contribution >= 4 is 11.5 Å². The van der Waals surface area contributed by atoms with Crippen LogP contribution in [0.3, 0.4) is 0 Å². The number of allylic oxidation sites excluding steroid dienone is 3. The number of hydrogen-bond donors (Lipinski definition) is 1. The van der Waals surface area contributed by atoms with Gasteiger partial charge in [0.2, 0.25) is 0 Å². The Labute approximate surface area is 115 Å². The van der Waals surface area contributed by atoms with Crippen molar-refractivity contribution in [3.05, 3.63) is 53.6 Å². The van der Waals surface area contributed by atoms with Crippen LogP contribution in [0.1, 0.15) is 44.2 Å². The second-order valence-corrected chi connectivity index (χ2v) is 4.63. The molecule has 0 aliphatic carbocycles. The average Bonchev–Trinajstić information content (AvgIpc) is 2.43. The maximum Gasteiger partial charge on any atom is 0.303 e. The van der Waals surface area contributed by atoms with Crippen LogP contribution in [0.2, 0.25) is 0 Å². The van der Waals surface area contributed by atoms with Crippen molar-refractivity contribution in [2.75, 3.05) is 0 Å². The van der Waals surface area contributed by atoms with E-state index in [9.17, 15) is 4.79 Å². The predicted octanol–water partition coefficient (Wildman–Crippen LogP) is 4.46. The second kappa shape index (κ2) is 7.57. The highest BCUT2D eigenvalue weighted by atomic mass is 16.4. The van der Waals surface area contributed by atoms with Crippen LogP contribution in [0.4, 0.5) is 0 Å². The Kier molecular flexibility index (Phi) is 6.07. The first-order chi connectivity index (χ1) is 9.06. The van der Waals surface area contributed by atoms with Crippen molar-refractivity contribution in [3.63, 3.8) is 0 Å². The third-order valence-corrected chi connectivity index (χ3v) is 3.20. The van der Waals surface area contributed by atoms with E-state index in [1.807, 2.05) is 25.1 Å². The smallest absolute Gasteiger partial charge is 0.303 e. The third-order valence-electron chi connectivity index (χ3n) is 3.20. The van der Waals surface area contributed by atoms with E-state index in [4.69, 9.17) is 5.11 Å². The number of hydrogen-bond acceptors (Lipinski definition) is 1. The maximum atomic E-state index is 10.6. The van der Waals surface area contributed by atoms with E-state index < -0.39 is 5.97 Å². The average molecular weight is 258 g/mol. The van der Waals surface area contributed by atoms with Gasteiger partial charge in [-0.05, 0) is 36.0 Å². The molecule has 0 saturated heterocycles. The molecule has 2 nitrogen and oxygen atoms in total. The minimum absolute atomic E-state index is 0.182. The molecule has 0 bridgehead atoms. The van der Waals surface area contributed by atoms with Gasteiger partial charge in [-0.25, -0.2) is 0 Å². The minimum Gasteiger partial charge on any atom is -0.481 e. The first-order valence-electron chi connectivity index (χ1n) is 6.76. The third kappa shape index (κ3) is 5.12. The molecule has 1 rings (SSSR count). The van der Waals surface area contributed by atoms with E-state index in [2.05, 4.69) is 25.6 Å². The van der Waals surface area contributed by atoms with Crippen molar-refractivity contribution in [1.82, 2.24) is 0 Å². The molecule has 0 unspecified atom stereocenters. The van der Waals surface area contributed by atoms with Gasteiger partial charge in [0.25, 0.3) is 0 Å². The zero-order chi connectivity index (χ0) is 14.3. The topological polar surface area (TPSA) is 37.3 Å². The van der Waals surface area contributed by atoms with Gasteiger partial charge in [-0.15, -0.1) is 0 Å². The van der Waals surface area contributed by atoms with E-state index >= 15 is 0 Å². The highest BCUT2D eigenvalue weighted by Crippen LogP contribution is 2.20. The van der Waals surface area contributed by atoms with Gasteiger partial charge >= 0.3 is 5.97 Å². The second-order valence-electron chi connectivity index (χ2n) is 4.63. The molecule has 0 heterocycles. The molecule has 0 aromatic heterocycles. The highest BCUT2D eigenvalue weighted by molar-refractivity contribution is 5.73. The Morgan fingerprint density at radius 2 is 2.05 bits per heavy atom. The zero-order valence-corrected chi connectivity index (χ0v) is 11.8. The summed E-state index contributed by atoms with van der Waals surface area (Å²) in [6.45, 7) is 8.26. The van der Waals surface area contributed by atoms with E-state index in [0.29, 0.717) is 6.42 Å². The van der Waals surface area contributed by atoms with E-state index in [0.717, 1.165) is 29.6 Å². The van der Waals surface area contributed by atoms with E-state index in [-0.39, 0.29) is 6.42 Å². The standard InChI is InChI=1S/C17H22O2/c1-4-14-7-6-8-16(12-14)13(3)11-15(5-2)9-10-17(18)19/h6-8,11-12H,3-5,9-10H2,1-2H3,(H,18,19)/b15-11-. The summed E-state index contributed by atoms with van der Waals surface area (Å²) in [5, 5.41) is 8.73. The zero-order valence-electron chi connectivity index (χ0n) is 11.8. The summed E-state index contributed by atoms with van der Waals surface area (Å²) in [4.78, 5) is 10.6. The van der Waals surface area contributed by atoms with Gasteiger partial charge in [-0.2, -0.15) is 0 Å². The molecular weight excluding hydrogens is 236 g/mol. The van der Waals surface area contributed by atoms with Crippen molar-refractivity contribution in [2.45, 2.75) is 39.5 Å². The lowest BCUT2D eigenvalue weighted by Gasteiger charge is -2.07. The number of benzene rings is 1. The van der Waals surface area contributed by atoms with Gasteiger partial charge in [0.05, 0.1) is 0 Å². The van der Waals surface area contributed by atoms with Crippen LogP contribution in [0.15, 0.2) is 42.5 Å². The molecule has 0 atom stereocenters. The number of carboxylic acids is 1. The molecule has 1 aromatic rings. The fraction of sp³-hybridized carbons (Fsp3) is 0.353. The molecule has 0 saturated carbocycles. The SMILES string of the molecule is C=C(/C=C(/CC)CCC(=O)O)c1cccc(CC)c1. The largest absolute Gasteiger partial charge is 0.481 e. The molecule has 19 heavy (non-hydrogen) atoms. The summed E-state index contributed by atoms with van der Waals surface area (Å²) >= 11 is 0. The first-order valence-corrected chi connectivity index (χ1v) is 6.76. The Hall–Kier alpha value is -1.83. The molecule has 0 aliphatic rings. The number of carboxylic acid groups (broad SMARTS) is 1. The van der Waals surface area contributed by atoms with Gasteiger partial charge < -0.3 is 5.11 Å². The fourth-order valence-corrected chi connectivity index (χ4v) is 1.94. The molecule has 0 spiro atoms. The van der Waals surface area contributed by atoms with Crippen LogP contribution in [0.25, 0.3) is 5.57 Å². The monoisotopic (exact) mass is 258 g/mol. The maximum absolute atomic E-state index is 10.6. The first kappa shape index (κ1) is 15.2. The lowest BCUT2D eigenvalue weighted by Crippen LogP contribution is -1.95. The molecule has 0 aliphatic heterocycles. The van der Waals surface area contributed by atoms with Gasteiger partial charge in [0.15, 0.2) is 0 Å². The summed E-state index contributed by atoms with van der Waals surface area (Å²) in [5.74, 6) is -0.752. The van der Waals surface area contributed by atoms with Crippen LogP contribution >= 0.6 is 0 Å². The van der Waals surface area contributed by atoms with Crippen molar-refractivity contribution in [1.29, 1.82) is 0 Å². The summed E-state index contributed by atoms with van der Waals surface area (Å²) < 4.78 is 0. The molecule has 2 heteroatoms. The summed E-state index contributed by atoms with van der Waals surface area (Å²) in [6.07, 6.45) is 4.67. The highest BCUT2D eigenvalue weighted by Gasteiger charge is 2.03. The molecular formula is C17H22O2. The molecule has 1 aromatic carbocycles. The lowest BCUT2D eigenvalue weighted by atomic mass is 9.99. The van der Waals surface area contributed by atoms with Crippen LogP contribution in [-0.2, 0) is 11.2 Å². The fourth-order valence-electron chi connectivity index (χ4n) is 1.94. The van der Waals surface area contributed by atoms with Crippen molar-refractivity contribution < 1.29 is 9.90 Å². The van der Waals surface area contributed by atoms with Crippen molar-refractivity contribution in [2.24, 2.45) is 0 Å². The number of rotatable bonds is 7. The normalized spacial score (nSPS) is 11.4. The Bertz CT molecular complexity index is 484. The van der Waals surface area contributed by atoms with Crippen LogP contribution in [-0.4, -0.2) is 11.1 Å². The van der Waals surface area contributed by atoms with Gasteiger partial charge in [-0.3, -0.25) is 4.79 Å². The summed E-state index contributed by atoms with van der Waals surface area (Å²) in [7, 11) is 0. The molecule has 1 N–H and O–H groups in total. The lowest BCUT2D eigenvalue weighted by molar-refractivity contribution is -0.136. The number of aliphatic carboxylic acids is 1. The molecule has 0 radical (unpaired) electrons. The quantitative estimate of drug-likeness (QED) is 0.733. The van der Waals surface area contributed by atoms with Crippen LogP contribution in [0.5, 0.6) is 0 Å². The van der Waals surface area contributed by atoms with E-state index in [1.165, 1.54) is 5.56 Å². The summed E-state index contributed by atoms with van der Waals surface area (Å²) in [5.41, 5.74) is 4.49. The molecule has 102 valence electrons. The molecule has 0 fully saturated rings. The van der Waals surface area contributed by atoms with Crippen molar-refractivity contribution in [3.8, 4) is 0 Å². The predicted molar refractivity (Wildman–Crippen MR) is 80.1 cm³/mol. The Morgan fingerprint density at radius 3 is 2.63 bits per heavy atom. The van der Waals surface area contributed by atoms with E-state index in [1.54, 1.807) is 0 Å². The van der Waals surface area contributed by atoms with Crippen LogP contribution in [0, 0.1) is 0 Å². The van der Waals surface area contributed by atoms with Gasteiger partial charge in [0, 0.05) is 6.42 Å². The summed E-state index contributed by atoms with van der Waals surface area (Å²) in [6, 6.07) is 8.33. The van der Waals surface area contributed by atoms with Gasteiger partial charge in [0.1, 0.15) is 0 Å². The minimum atomic E-state index is -0.752. The van der Waals surface area contributed by atoms with Crippen LogP contribution < -0.4 is 0 Å². The Morgan fingerprint density at radius 1 is 1.32 bits per heavy atom. The molecule has 0 amide bonds. The number of aryl methyl sites for hydroxylation is 1. The number of carbonyl (C=O) groups is 1.